The van der Waals surface area contributed by atoms with Gasteiger partial charge in [0.2, 0.25) is 0 Å². The van der Waals surface area contributed by atoms with Crippen LogP contribution in [0.3, 0.4) is 0 Å². The van der Waals surface area contributed by atoms with Crippen LogP contribution >= 0.6 is 0 Å². The maximum absolute atomic E-state index is 11.5. The van der Waals surface area contributed by atoms with E-state index >= 15 is 0 Å². The molecule has 0 aromatic rings. The molecule has 8 heteroatoms. The summed E-state index contributed by atoms with van der Waals surface area (Å²) in [7, 11) is 4.32. The molecule has 0 aromatic carbocycles. The van der Waals surface area contributed by atoms with Gasteiger partial charge in [0.1, 0.15) is 0 Å². The van der Waals surface area contributed by atoms with Crippen molar-refractivity contribution < 1.29 is 32.3 Å². The van der Waals surface area contributed by atoms with Crippen molar-refractivity contribution in [3.05, 3.63) is 0 Å². The molecule has 0 heterocycles. The van der Waals surface area contributed by atoms with Crippen LogP contribution in [0.2, 0.25) is 6.04 Å². The normalized spacial score (nSPS) is 11.5. The summed E-state index contributed by atoms with van der Waals surface area (Å²) in [5.74, 6) is -2.13. The number of ether oxygens (including phenoxy) is 2. The van der Waals surface area contributed by atoms with Gasteiger partial charge in [0.15, 0.2) is 5.92 Å². The van der Waals surface area contributed by atoms with Crippen molar-refractivity contribution in [1.82, 2.24) is 0 Å². The van der Waals surface area contributed by atoms with Gasteiger partial charge in [-0.1, -0.05) is 0 Å². The predicted molar refractivity (Wildman–Crippen MR) is 68.3 cm³/mol. The molecule has 0 radical (unpaired) electrons. The van der Waals surface area contributed by atoms with E-state index in [1.165, 1.54) is 35.5 Å². The van der Waals surface area contributed by atoms with E-state index in [-0.39, 0.29) is 0 Å². The SMILES string of the molecule is COC(=O)C(CCC[Si](OC)(OC)OC)C(=O)OC. The number of carbonyl (C=O) groups is 2. The van der Waals surface area contributed by atoms with Crippen molar-refractivity contribution in [2.75, 3.05) is 35.5 Å². The van der Waals surface area contributed by atoms with Gasteiger partial charge in [0, 0.05) is 27.4 Å². The van der Waals surface area contributed by atoms with Crippen LogP contribution in [0.5, 0.6) is 0 Å². The second-order valence-corrected chi connectivity index (χ2v) is 6.88. The second-order valence-electron chi connectivity index (χ2n) is 3.79. The monoisotopic (exact) mass is 294 g/mol. The molecule has 0 saturated carbocycles. The minimum Gasteiger partial charge on any atom is -0.468 e. The van der Waals surface area contributed by atoms with E-state index in [1.54, 1.807) is 0 Å². The highest BCUT2D eigenvalue weighted by molar-refractivity contribution is 6.60. The Balaban J connectivity index is 4.48. The van der Waals surface area contributed by atoms with Crippen LogP contribution in [0.15, 0.2) is 0 Å². The molecule has 0 aliphatic carbocycles. The molecule has 0 bridgehead atoms. The first-order valence-electron chi connectivity index (χ1n) is 5.81. The molecular weight excluding hydrogens is 272 g/mol. The van der Waals surface area contributed by atoms with E-state index < -0.39 is 26.7 Å². The van der Waals surface area contributed by atoms with E-state index in [4.69, 9.17) is 13.3 Å². The lowest BCUT2D eigenvalue weighted by molar-refractivity contribution is -0.159. The summed E-state index contributed by atoms with van der Waals surface area (Å²) < 4.78 is 24.9. The van der Waals surface area contributed by atoms with Gasteiger partial charge in [0.05, 0.1) is 14.2 Å². The lowest BCUT2D eigenvalue weighted by Crippen LogP contribution is -2.42. The molecule has 0 spiro atoms. The first-order valence-corrected chi connectivity index (χ1v) is 7.74. The number of hydrogen-bond donors (Lipinski definition) is 0. The lowest BCUT2D eigenvalue weighted by atomic mass is 10.0. The largest absolute Gasteiger partial charge is 0.500 e. The second kappa shape index (κ2) is 9.02. The van der Waals surface area contributed by atoms with E-state index in [0.29, 0.717) is 18.9 Å². The van der Waals surface area contributed by atoms with Crippen LogP contribution in [0.4, 0.5) is 0 Å². The van der Waals surface area contributed by atoms with Crippen molar-refractivity contribution in [2.45, 2.75) is 18.9 Å². The fraction of sp³-hybridized carbons (Fsp3) is 0.818. The van der Waals surface area contributed by atoms with E-state index in [0.717, 1.165) is 0 Å². The average Bonchev–Trinajstić information content (AvgIpc) is 2.47. The van der Waals surface area contributed by atoms with Crippen molar-refractivity contribution in [1.29, 1.82) is 0 Å². The maximum atomic E-state index is 11.5. The van der Waals surface area contributed by atoms with Gasteiger partial charge in [-0.25, -0.2) is 0 Å². The fourth-order valence-electron chi connectivity index (χ4n) is 1.70. The van der Waals surface area contributed by atoms with Gasteiger partial charge in [-0.2, -0.15) is 0 Å². The molecule has 0 aliphatic heterocycles. The molecule has 112 valence electrons. The molecule has 0 N–H and O–H groups in total. The Bertz CT molecular complexity index is 267. The van der Waals surface area contributed by atoms with Crippen molar-refractivity contribution in [3.63, 3.8) is 0 Å². The molecule has 7 nitrogen and oxygen atoms in total. The fourth-order valence-corrected chi connectivity index (χ4v) is 3.44. The highest BCUT2D eigenvalue weighted by atomic mass is 28.4. The number of carbonyl (C=O) groups excluding carboxylic acids is 2. The zero-order valence-corrected chi connectivity index (χ0v) is 13.1. The Morgan fingerprint density at radius 2 is 1.32 bits per heavy atom. The number of esters is 2. The Kier molecular flexibility index (Phi) is 8.57. The minimum atomic E-state index is -2.68. The molecule has 0 rings (SSSR count). The molecule has 0 amide bonds. The van der Waals surface area contributed by atoms with Crippen LogP contribution in [0.1, 0.15) is 12.8 Å². The molecule has 0 saturated heterocycles. The Labute approximate surface area is 114 Å². The summed E-state index contributed by atoms with van der Waals surface area (Å²) >= 11 is 0. The highest BCUT2D eigenvalue weighted by Gasteiger charge is 2.38. The third-order valence-corrected chi connectivity index (χ3v) is 5.71. The topological polar surface area (TPSA) is 80.3 Å². The number of methoxy groups -OCH3 is 2. The van der Waals surface area contributed by atoms with E-state index in [2.05, 4.69) is 9.47 Å². The van der Waals surface area contributed by atoms with Crippen LogP contribution in [-0.2, 0) is 32.3 Å². The minimum absolute atomic E-state index is 0.296. The third kappa shape index (κ3) is 5.27. The van der Waals surface area contributed by atoms with Crippen LogP contribution in [0, 0.1) is 5.92 Å². The van der Waals surface area contributed by atoms with Gasteiger partial charge in [-0.05, 0) is 12.8 Å². The molecule has 19 heavy (non-hydrogen) atoms. The summed E-state index contributed by atoms with van der Waals surface area (Å²) in [5, 5.41) is 0. The molecule has 0 unspecified atom stereocenters. The third-order valence-electron chi connectivity index (χ3n) is 2.88. The van der Waals surface area contributed by atoms with Gasteiger partial charge in [-0.15, -0.1) is 0 Å². The van der Waals surface area contributed by atoms with Crippen molar-refractivity contribution in [2.24, 2.45) is 5.92 Å². The van der Waals surface area contributed by atoms with Crippen molar-refractivity contribution >= 4 is 20.7 Å². The number of rotatable bonds is 9. The van der Waals surface area contributed by atoms with E-state index in [9.17, 15) is 9.59 Å². The van der Waals surface area contributed by atoms with E-state index in [1.807, 2.05) is 0 Å². The summed E-state index contributed by atoms with van der Waals surface area (Å²) in [4.78, 5) is 22.9. The summed E-state index contributed by atoms with van der Waals surface area (Å²) in [5.41, 5.74) is 0. The van der Waals surface area contributed by atoms with Gasteiger partial charge >= 0.3 is 20.7 Å². The van der Waals surface area contributed by atoms with Crippen molar-refractivity contribution in [3.8, 4) is 0 Å². The first-order chi connectivity index (χ1) is 9.00. The van der Waals surface area contributed by atoms with Gasteiger partial charge < -0.3 is 22.8 Å². The molecule has 0 aliphatic rings. The van der Waals surface area contributed by atoms with Crippen LogP contribution < -0.4 is 0 Å². The Hall–Kier alpha value is -0.963. The highest BCUT2D eigenvalue weighted by Crippen LogP contribution is 2.20. The molecule has 0 fully saturated rings. The Morgan fingerprint density at radius 1 is 0.895 bits per heavy atom. The quantitative estimate of drug-likeness (QED) is 0.350. The lowest BCUT2D eigenvalue weighted by Gasteiger charge is -2.24. The molecule has 0 aromatic heterocycles. The summed E-state index contributed by atoms with van der Waals surface area (Å²) in [6.45, 7) is 0. The standard InChI is InChI=1S/C11H22O7Si/c1-14-10(12)9(11(13)15-2)7-6-8-19(16-3,17-4)18-5/h9H,6-8H2,1-5H3. The molecule has 0 atom stereocenters. The van der Waals surface area contributed by atoms with Gasteiger partial charge in [-0.3, -0.25) is 9.59 Å². The summed E-state index contributed by atoms with van der Waals surface area (Å²) in [6, 6.07) is 0.501. The number of hydrogen-bond acceptors (Lipinski definition) is 7. The summed E-state index contributed by atoms with van der Waals surface area (Å²) in [6.07, 6.45) is 0.820. The maximum Gasteiger partial charge on any atom is 0.500 e. The Morgan fingerprint density at radius 3 is 1.63 bits per heavy atom. The zero-order chi connectivity index (χ0) is 14.9. The predicted octanol–water partition coefficient (Wildman–Crippen LogP) is 0.607. The van der Waals surface area contributed by atoms with Crippen LogP contribution in [0.25, 0.3) is 0 Å². The first kappa shape index (κ1) is 18.0. The van der Waals surface area contributed by atoms with Gasteiger partial charge in [0.25, 0.3) is 0 Å². The smallest absolute Gasteiger partial charge is 0.468 e. The van der Waals surface area contributed by atoms with Crippen LogP contribution in [-0.4, -0.2) is 56.3 Å². The average molecular weight is 294 g/mol. The zero-order valence-electron chi connectivity index (χ0n) is 12.1. The molecular formula is C11H22O7Si.